The van der Waals surface area contributed by atoms with E-state index in [1.807, 2.05) is 11.7 Å². The minimum atomic E-state index is 0.542. The Kier molecular flexibility index (Phi) is 3.38. The first-order valence-corrected chi connectivity index (χ1v) is 6.39. The molecule has 0 radical (unpaired) electrons. The van der Waals surface area contributed by atoms with Crippen molar-refractivity contribution in [2.75, 3.05) is 13.1 Å². The van der Waals surface area contributed by atoms with Crippen molar-refractivity contribution in [2.24, 2.45) is 7.05 Å². The Morgan fingerprint density at radius 3 is 2.71 bits per heavy atom. The Balaban J connectivity index is 2.29. The molecule has 17 heavy (non-hydrogen) atoms. The van der Waals surface area contributed by atoms with Crippen LogP contribution < -0.4 is 0 Å². The average molecular weight is 233 g/mol. The molecule has 1 fully saturated rings. The van der Waals surface area contributed by atoms with E-state index in [1.54, 1.807) is 0 Å². The van der Waals surface area contributed by atoms with Crippen LogP contribution in [0.2, 0.25) is 0 Å². The zero-order valence-corrected chi connectivity index (χ0v) is 11.5. The minimum absolute atomic E-state index is 0.542. The monoisotopic (exact) mass is 233 g/mol. The molecule has 0 unspecified atom stereocenters. The number of hydrogen-bond acceptors (Lipinski definition) is 2. The van der Waals surface area contributed by atoms with E-state index in [0.29, 0.717) is 6.04 Å². The molecule has 3 heteroatoms. The molecule has 1 aliphatic heterocycles. The van der Waals surface area contributed by atoms with E-state index < -0.39 is 0 Å². The number of hydrogen-bond donors (Lipinski definition) is 0. The highest BCUT2D eigenvalue weighted by molar-refractivity contribution is 5.29. The fraction of sp³-hybridized carbons (Fsp3) is 0.643. The van der Waals surface area contributed by atoms with Crippen LogP contribution in [0.25, 0.3) is 0 Å². The maximum absolute atomic E-state index is 4.54. The molecule has 1 aromatic heterocycles. The van der Waals surface area contributed by atoms with Crippen molar-refractivity contribution in [2.45, 2.75) is 39.7 Å². The largest absolute Gasteiger partial charge is 0.292 e. The van der Waals surface area contributed by atoms with Crippen molar-refractivity contribution in [3.8, 4) is 0 Å². The number of likely N-dealkylation sites (tertiary alicyclic amines) is 1. The quantitative estimate of drug-likeness (QED) is 0.749. The number of nitrogens with zero attached hydrogens (tertiary/aromatic N) is 3. The van der Waals surface area contributed by atoms with Crippen molar-refractivity contribution < 1.29 is 0 Å². The Morgan fingerprint density at radius 2 is 2.18 bits per heavy atom. The Morgan fingerprint density at radius 1 is 1.47 bits per heavy atom. The molecule has 94 valence electrons. The van der Waals surface area contributed by atoms with Crippen molar-refractivity contribution in [1.29, 1.82) is 0 Å². The second-order valence-corrected chi connectivity index (χ2v) is 5.29. The molecule has 0 saturated carbocycles. The predicted molar refractivity (Wildman–Crippen MR) is 71.0 cm³/mol. The molecule has 3 nitrogen and oxygen atoms in total. The highest BCUT2D eigenvalue weighted by Gasteiger charge is 2.29. The van der Waals surface area contributed by atoms with Gasteiger partial charge in [0.2, 0.25) is 0 Å². The summed E-state index contributed by atoms with van der Waals surface area (Å²) in [7, 11) is 2.03. The summed E-state index contributed by atoms with van der Waals surface area (Å²) in [6.07, 6.45) is 2.53. The molecule has 1 aliphatic rings. The standard InChI is InChI=1S/C14H23N3/c1-10(2)9-17-8-6-7-13(17)14-11(3)15-16(5)12(14)4/h13H,1,6-9H2,2-5H3/t13-/m1/s1. The Bertz CT molecular complexity index is 431. The van der Waals surface area contributed by atoms with Gasteiger partial charge in [-0.25, -0.2) is 0 Å². The molecule has 0 amide bonds. The first-order chi connectivity index (χ1) is 8.00. The van der Waals surface area contributed by atoms with Gasteiger partial charge in [0.15, 0.2) is 0 Å². The van der Waals surface area contributed by atoms with Crippen molar-refractivity contribution >= 4 is 0 Å². The van der Waals surface area contributed by atoms with Crippen LogP contribution in [0, 0.1) is 13.8 Å². The lowest BCUT2D eigenvalue weighted by molar-refractivity contribution is 0.278. The second kappa shape index (κ2) is 4.65. The third kappa shape index (κ3) is 2.29. The third-order valence-electron chi connectivity index (χ3n) is 3.73. The summed E-state index contributed by atoms with van der Waals surface area (Å²) in [5.74, 6) is 0. The Hall–Kier alpha value is -1.09. The van der Waals surface area contributed by atoms with Crippen LogP contribution in [0.5, 0.6) is 0 Å². The molecule has 1 saturated heterocycles. The van der Waals surface area contributed by atoms with E-state index in [2.05, 4.69) is 37.3 Å². The number of rotatable bonds is 3. The summed E-state index contributed by atoms with van der Waals surface area (Å²) in [6, 6.07) is 0.542. The van der Waals surface area contributed by atoms with Gasteiger partial charge in [-0.05, 0) is 40.2 Å². The van der Waals surface area contributed by atoms with Crippen LogP contribution in [-0.4, -0.2) is 27.8 Å². The normalized spacial score (nSPS) is 21.1. The fourth-order valence-corrected chi connectivity index (χ4v) is 2.96. The first kappa shape index (κ1) is 12.4. The molecule has 1 aromatic rings. The molecule has 0 N–H and O–H groups in total. The lowest BCUT2D eigenvalue weighted by Crippen LogP contribution is -2.25. The highest BCUT2D eigenvalue weighted by atomic mass is 15.3. The summed E-state index contributed by atoms with van der Waals surface area (Å²) < 4.78 is 2.00. The molecule has 2 heterocycles. The van der Waals surface area contributed by atoms with Gasteiger partial charge in [0, 0.05) is 30.9 Å². The van der Waals surface area contributed by atoms with Gasteiger partial charge in [0.25, 0.3) is 0 Å². The van der Waals surface area contributed by atoms with Gasteiger partial charge in [-0.3, -0.25) is 9.58 Å². The van der Waals surface area contributed by atoms with E-state index in [9.17, 15) is 0 Å². The van der Waals surface area contributed by atoms with E-state index >= 15 is 0 Å². The van der Waals surface area contributed by atoms with Gasteiger partial charge in [0.1, 0.15) is 0 Å². The van der Waals surface area contributed by atoms with Gasteiger partial charge >= 0.3 is 0 Å². The predicted octanol–water partition coefficient (Wildman–Crippen LogP) is 2.75. The zero-order valence-electron chi connectivity index (χ0n) is 11.5. The summed E-state index contributed by atoms with van der Waals surface area (Å²) in [6.45, 7) is 12.6. The molecule has 0 aromatic carbocycles. The second-order valence-electron chi connectivity index (χ2n) is 5.29. The lowest BCUT2D eigenvalue weighted by atomic mass is 10.0. The average Bonchev–Trinajstić information content (AvgIpc) is 2.73. The van der Waals surface area contributed by atoms with Crippen LogP contribution in [0.15, 0.2) is 12.2 Å². The van der Waals surface area contributed by atoms with Crippen molar-refractivity contribution in [1.82, 2.24) is 14.7 Å². The topological polar surface area (TPSA) is 21.1 Å². The molecule has 0 bridgehead atoms. The van der Waals surface area contributed by atoms with E-state index in [-0.39, 0.29) is 0 Å². The number of aromatic nitrogens is 2. The highest BCUT2D eigenvalue weighted by Crippen LogP contribution is 2.35. The van der Waals surface area contributed by atoms with Gasteiger partial charge in [-0.1, -0.05) is 12.2 Å². The van der Waals surface area contributed by atoms with Crippen LogP contribution >= 0.6 is 0 Å². The maximum atomic E-state index is 4.54. The summed E-state index contributed by atoms with van der Waals surface area (Å²) in [5, 5.41) is 4.54. The van der Waals surface area contributed by atoms with Gasteiger partial charge in [-0.15, -0.1) is 0 Å². The summed E-state index contributed by atoms with van der Waals surface area (Å²) >= 11 is 0. The van der Waals surface area contributed by atoms with Crippen LogP contribution in [-0.2, 0) is 7.05 Å². The number of aryl methyl sites for hydroxylation is 2. The molecule has 2 rings (SSSR count). The minimum Gasteiger partial charge on any atom is -0.292 e. The SMILES string of the molecule is C=C(C)CN1CCC[C@@H]1c1c(C)nn(C)c1C. The van der Waals surface area contributed by atoms with Crippen molar-refractivity contribution in [3.05, 3.63) is 29.1 Å². The summed E-state index contributed by atoms with van der Waals surface area (Å²) in [5.41, 5.74) is 5.17. The van der Waals surface area contributed by atoms with E-state index in [0.717, 1.165) is 6.54 Å². The van der Waals surface area contributed by atoms with Gasteiger partial charge in [0.05, 0.1) is 5.69 Å². The van der Waals surface area contributed by atoms with E-state index in [4.69, 9.17) is 0 Å². The van der Waals surface area contributed by atoms with Gasteiger partial charge < -0.3 is 0 Å². The third-order valence-corrected chi connectivity index (χ3v) is 3.73. The zero-order chi connectivity index (χ0) is 12.6. The Labute approximate surface area is 104 Å². The van der Waals surface area contributed by atoms with Gasteiger partial charge in [-0.2, -0.15) is 5.10 Å². The smallest absolute Gasteiger partial charge is 0.0644 e. The summed E-state index contributed by atoms with van der Waals surface area (Å²) in [4.78, 5) is 2.54. The molecule has 0 spiro atoms. The van der Waals surface area contributed by atoms with Crippen LogP contribution in [0.3, 0.4) is 0 Å². The molecule has 0 aliphatic carbocycles. The molecule has 1 atom stereocenters. The lowest BCUT2D eigenvalue weighted by Gasteiger charge is -2.25. The molecular formula is C14H23N3. The van der Waals surface area contributed by atoms with Crippen LogP contribution in [0.4, 0.5) is 0 Å². The fourth-order valence-electron chi connectivity index (χ4n) is 2.96. The van der Waals surface area contributed by atoms with Crippen molar-refractivity contribution in [3.63, 3.8) is 0 Å². The molecular weight excluding hydrogens is 210 g/mol. The maximum Gasteiger partial charge on any atom is 0.0644 e. The van der Waals surface area contributed by atoms with E-state index in [1.165, 1.54) is 41.9 Å². The van der Waals surface area contributed by atoms with Crippen LogP contribution in [0.1, 0.15) is 42.8 Å². The first-order valence-electron chi connectivity index (χ1n) is 6.39.